The quantitative estimate of drug-likeness (QED) is 0.364. The number of allylic oxidation sites excluding steroid dienone is 2. The van der Waals surface area contributed by atoms with Crippen molar-refractivity contribution >= 4 is 6.72 Å². The monoisotopic (exact) mass is 313 g/mol. The smallest absolute Gasteiger partial charge is 0.257 e. The van der Waals surface area contributed by atoms with E-state index in [-0.39, 0.29) is 12.0 Å². The van der Waals surface area contributed by atoms with Gasteiger partial charge in [-0.05, 0) is 31.8 Å². The Morgan fingerprint density at radius 1 is 1.45 bits per heavy atom. The Labute approximate surface area is 132 Å². The van der Waals surface area contributed by atoms with E-state index in [1.165, 1.54) is 0 Å². The minimum atomic E-state index is -2.58. The van der Waals surface area contributed by atoms with Crippen LogP contribution in [0.25, 0.3) is 0 Å². The van der Waals surface area contributed by atoms with Gasteiger partial charge in [-0.1, -0.05) is 33.4 Å². The second kappa shape index (κ2) is 7.25. The van der Waals surface area contributed by atoms with Crippen LogP contribution in [0.3, 0.4) is 0 Å². The van der Waals surface area contributed by atoms with Gasteiger partial charge < -0.3 is 10.7 Å². The van der Waals surface area contributed by atoms with Crippen LogP contribution in [0.2, 0.25) is 0 Å². The maximum atomic E-state index is 13.8. The molecule has 0 spiro atoms. The van der Waals surface area contributed by atoms with Crippen LogP contribution in [0.1, 0.15) is 40.5 Å². The van der Waals surface area contributed by atoms with Crippen LogP contribution in [0.5, 0.6) is 0 Å². The maximum Gasteiger partial charge on any atom is 0.257 e. The Bertz CT molecular complexity index is 434. The number of hydrogen-bond donors (Lipinski definition) is 2. The molecule has 1 saturated carbocycles. The molecule has 3 nitrogen and oxygen atoms in total. The van der Waals surface area contributed by atoms with Crippen LogP contribution >= 0.6 is 0 Å². The van der Waals surface area contributed by atoms with Gasteiger partial charge in [-0.2, -0.15) is 5.10 Å². The largest absolute Gasteiger partial charge is 0.386 e. The molecular formula is C17H29F2N3. The van der Waals surface area contributed by atoms with Crippen molar-refractivity contribution in [2.45, 2.75) is 52.5 Å². The lowest BCUT2D eigenvalue weighted by atomic mass is 9.87. The highest BCUT2D eigenvalue weighted by atomic mass is 19.3. The highest BCUT2D eigenvalue weighted by molar-refractivity contribution is 5.22. The molecule has 0 heterocycles. The predicted molar refractivity (Wildman–Crippen MR) is 89.0 cm³/mol. The third kappa shape index (κ3) is 3.87. The van der Waals surface area contributed by atoms with Crippen LogP contribution < -0.4 is 10.7 Å². The molecule has 4 atom stereocenters. The van der Waals surface area contributed by atoms with Gasteiger partial charge >= 0.3 is 0 Å². The Morgan fingerprint density at radius 3 is 2.50 bits per heavy atom. The van der Waals surface area contributed by atoms with Gasteiger partial charge in [0.25, 0.3) is 5.92 Å². The number of rotatable bonds is 10. The summed E-state index contributed by atoms with van der Waals surface area (Å²) in [4.78, 5) is 0. The molecule has 1 aliphatic carbocycles. The van der Waals surface area contributed by atoms with E-state index in [0.717, 1.165) is 18.7 Å². The van der Waals surface area contributed by atoms with Crippen molar-refractivity contribution in [3.63, 3.8) is 0 Å². The summed E-state index contributed by atoms with van der Waals surface area (Å²) in [5, 5.41) is 6.93. The number of hydrazone groups is 1. The third-order valence-corrected chi connectivity index (χ3v) is 5.09. The first kappa shape index (κ1) is 18.7. The van der Waals surface area contributed by atoms with Crippen LogP contribution in [0.4, 0.5) is 8.78 Å². The first-order valence-electron chi connectivity index (χ1n) is 7.85. The van der Waals surface area contributed by atoms with Gasteiger partial charge in [-0.25, -0.2) is 8.78 Å². The van der Waals surface area contributed by atoms with Crippen LogP contribution in [-0.4, -0.2) is 25.2 Å². The normalized spacial score (nSPS) is 28.9. The fourth-order valence-electron chi connectivity index (χ4n) is 2.99. The fraction of sp³-hybridized carbons (Fsp3) is 0.706. The summed E-state index contributed by atoms with van der Waals surface area (Å²) in [6.45, 7) is 15.3. The number of halogens is 2. The molecule has 126 valence electrons. The van der Waals surface area contributed by atoms with Gasteiger partial charge in [0.15, 0.2) is 0 Å². The average Bonchev–Trinajstić information content (AvgIpc) is 2.82. The zero-order valence-electron chi connectivity index (χ0n) is 14.1. The maximum absolute atomic E-state index is 13.8. The highest BCUT2D eigenvalue weighted by Gasteiger charge is 2.75. The van der Waals surface area contributed by atoms with E-state index in [9.17, 15) is 8.78 Å². The molecule has 1 rings (SSSR count). The van der Waals surface area contributed by atoms with E-state index < -0.39 is 17.3 Å². The van der Waals surface area contributed by atoms with E-state index in [1.807, 2.05) is 19.1 Å². The Balaban J connectivity index is 2.52. The van der Waals surface area contributed by atoms with E-state index in [0.29, 0.717) is 6.42 Å². The third-order valence-electron chi connectivity index (χ3n) is 5.09. The summed E-state index contributed by atoms with van der Waals surface area (Å²) in [5.41, 5.74) is 2.83. The second-order valence-electron chi connectivity index (χ2n) is 6.58. The van der Waals surface area contributed by atoms with Gasteiger partial charge in [0.05, 0.1) is 0 Å². The van der Waals surface area contributed by atoms with Crippen LogP contribution in [-0.2, 0) is 0 Å². The highest BCUT2D eigenvalue weighted by Crippen LogP contribution is 2.68. The molecular weight excluding hydrogens is 284 g/mol. The van der Waals surface area contributed by atoms with E-state index in [1.54, 1.807) is 13.8 Å². The molecule has 1 aliphatic rings. The van der Waals surface area contributed by atoms with Crippen molar-refractivity contribution in [3.8, 4) is 0 Å². The molecule has 1 fully saturated rings. The zero-order chi connectivity index (χ0) is 17.0. The molecule has 0 bridgehead atoms. The molecule has 0 amide bonds. The minimum Gasteiger partial charge on any atom is -0.386 e. The lowest BCUT2D eigenvalue weighted by Crippen LogP contribution is -2.36. The van der Waals surface area contributed by atoms with Gasteiger partial charge in [0.1, 0.15) is 0 Å². The average molecular weight is 313 g/mol. The topological polar surface area (TPSA) is 36.4 Å². The molecule has 2 unspecified atom stereocenters. The zero-order valence-corrected chi connectivity index (χ0v) is 14.1. The first-order chi connectivity index (χ1) is 10.2. The van der Waals surface area contributed by atoms with Crippen molar-refractivity contribution in [2.24, 2.45) is 22.4 Å². The molecule has 22 heavy (non-hydrogen) atoms. The molecule has 0 aromatic rings. The first-order valence-corrected chi connectivity index (χ1v) is 7.85. The van der Waals surface area contributed by atoms with Gasteiger partial charge in [-0.15, -0.1) is 0 Å². The Hall–Kier alpha value is -1.39. The summed E-state index contributed by atoms with van der Waals surface area (Å²) >= 11 is 0. The van der Waals surface area contributed by atoms with Gasteiger partial charge in [0, 0.05) is 36.3 Å². The molecule has 0 saturated heterocycles. The van der Waals surface area contributed by atoms with E-state index >= 15 is 0 Å². The van der Waals surface area contributed by atoms with Gasteiger partial charge in [-0.3, -0.25) is 0 Å². The van der Waals surface area contributed by atoms with Crippen molar-refractivity contribution in [2.75, 3.05) is 6.54 Å². The lowest BCUT2D eigenvalue weighted by molar-refractivity contribution is 0.0547. The molecule has 5 heteroatoms. The Morgan fingerprint density at radius 2 is 2.05 bits per heavy atom. The molecule has 0 radical (unpaired) electrons. The predicted octanol–water partition coefficient (Wildman–Crippen LogP) is 3.95. The van der Waals surface area contributed by atoms with Crippen molar-refractivity contribution in [3.05, 3.63) is 24.4 Å². The number of nitrogens with one attached hydrogen (secondary N) is 2. The minimum absolute atomic E-state index is 0.102. The lowest BCUT2D eigenvalue weighted by Gasteiger charge is -2.27. The molecule has 0 aromatic carbocycles. The second-order valence-corrected chi connectivity index (χ2v) is 6.58. The molecule has 0 aliphatic heterocycles. The summed E-state index contributed by atoms with van der Waals surface area (Å²) in [7, 11) is 0. The fourth-order valence-corrected chi connectivity index (χ4v) is 2.99. The van der Waals surface area contributed by atoms with E-state index in [4.69, 9.17) is 0 Å². The van der Waals surface area contributed by atoms with Crippen LogP contribution in [0, 0.1) is 17.3 Å². The van der Waals surface area contributed by atoms with Gasteiger partial charge in [0.2, 0.25) is 0 Å². The van der Waals surface area contributed by atoms with E-state index in [2.05, 4.69) is 36.1 Å². The SMILES string of the molecule is C=NNC(C[C@]1(C)[C@H](C)C1(F)F)C(C)CCNC(=C)/C=C\C. The molecule has 0 aromatic heterocycles. The summed E-state index contributed by atoms with van der Waals surface area (Å²) in [6.07, 6.45) is 5.07. The summed E-state index contributed by atoms with van der Waals surface area (Å²) in [5.74, 6) is -2.95. The van der Waals surface area contributed by atoms with Crippen LogP contribution in [0.15, 0.2) is 29.5 Å². The number of hydrogen-bond acceptors (Lipinski definition) is 3. The van der Waals surface area contributed by atoms with Crippen molar-refractivity contribution in [1.82, 2.24) is 10.7 Å². The summed E-state index contributed by atoms with van der Waals surface area (Å²) in [6, 6.07) is -0.102. The van der Waals surface area contributed by atoms with Crippen molar-refractivity contribution in [1.29, 1.82) is 0 Å². The molecule has 2 N–H and O–H groups in total. The van der Waals surface area contributed by atoms with Crippen molar-refractivity contribution < 1.29 is 8.78 Å². The number of nitrogens with zero attached hydrogens (tertiary/aromatic N) is 1. The standard InChI is InChI=1S/C17H29F2N3/c1-7-8-13(3)21-10-9-12(2)15(22-20-6)11-16(5)14(4)17(16,18)19/h7-8,12,14-15,21-22H,3,6,9-11H2,1-2,4-5H3/b8-7-/t12?,14-,15?,16+/m0/s1. The number of alkyl halides is 2. The Kier molecular flexibility index (Phi) is 6.15. The summed E-state index contributed by atoms with van der Waals surface area (Å²) < 4.78 is 27.6.